The first-order valence-electron chi connectivity index (χ1n) is 8.19. The molecular weight excluding hydrogens is 302 g/mol. The minimum absolute atomic E-state index is 0.613. The minimum atomic E-state index is 0.613. The zero-order chi connectivity index (χ0) is 16.9. The van der Waals surface area contributed by atoms with Crippen LogP contribution in [0.1, 0.15) is 12.8 Å². The second-order valence-corrected chi connectivity index (χ2v) is 5.67. The Morgan fingerprint density at radius 2 is 1.42 bits per heavy atom. The van der Waals surface area contributed by atoms with Gasteiger partial charge in [-0.3, -0.25) is 0 Å². The summed E-state index contributed by atoms with van der Waals surface area (Å²) >= 11 is 0. The van der Waals surface area contributed by atoms with E-state index in [1.165, 1.54) is 0 Å². The molecule has 2 N–H and O–H groups in total. The highest BCUT2D eigenvalue weighted by Gasteiger charge is 2.16. The normalized spacial score (nSPS) is 11.0. The zero-order valence-corrected chi connectivity index (χ0v) is 14.2. The summed E-state index contributed by atoms with van der Waals surface area (Å²) in [5.74, 6) is 2.41. The van der Waals surface area contributed by atoms with E-state index in [9.17, 15) is 0 Å². The number of nitrogens with two attached hydrogens (primary N) is 1. The summed E-state index contributed by atoms with van der Waals surface area (Å²) in [6.45, 7) is 1.29. The lowest BCUT2D eigenvalue weighted by atomic mass is 10.0. The van der Waals surface area contributed by atoms with Crippen LogP contribution in [0.5, 0.6) is 17.2 Å². The van der Waals surface area contributed by atoms with E-state index in [0.717, 1.165) is 51.6 Å². The molecule has 3 aromatic carbocycles. The summed E-state index contributed by atoms with van der Waals surface area (Å²) in [5.41, 5.74) is 5.58. The fourth-order valence-electron chi connectivity index (χ4n) is 3.02. The number of hydrogen-bond acceptors (Lipinski definition) is 4. The van der Waals surface area contributed by atoms with E-state index >= 15 is 0 Å². The van der Waals surface area contributed by atoms with Crippen molar-refractivity contribution in [3.63, 3.8) is 0 Å². The van der Waals surface area contributed by atoms with Crippen molar-refractivity contribution in [2.45, 2.75) is 12.8 Å². The van der Waals surface area contributed by atoms with Crippen LogP contribution in [0.3, 0.4) is 0 Å². The van der Waals surface area contributed by atoms with Crippen LogP contribution in [-0.4, -0.2) is 27.4 Å². The van der Waals surface area contributed by atoms with E-state index in [1.807, 2.05) is 24.3 Å². The molecule has 0 atom stereocenters. The maximum Gasteiger partial charge on any atom is 0.142 e. The third-order valence-corrected chi connectivity index (χ3v) is 4.17. The molecule has 0 bridgehead atoms. The predicted molar refractivity (Wildman–Crippen MR) is 98.3 cm³/mol. The lowest BCUT2D eigenvalue weighted by Gasteiger charge is -2.17. The zero-order valence-electron chi connectivity index (χ0n) is 14.2. The Kier molecular flexibility index (Phi) is 5.06. The van der Waals surface area contributed by atoms with E-state index in [2.05, 4.69) is 18.2 Å². The molecule has 0 radical (unpaired) electrons. The van der Waals surface area contributed by atoms with Gasteiger partial charge in [0, 0.05) is 0 Å². The number of benzene rings is 3. The maximum absolute atomic E-state index is 6.20. The van der Waals surface area contributed by atoms with Crippen LogP contribution in [0.4, 0.5) is 0 Å². The highest BCUT2D eigenvalue weighted by atomic mass is 16.5. The first-order chi connectivity index (χ1) is 11.8. The number of methoxy groups -OCH3 is 2. The van der Waals surface area contributed by atoms with Gasteiger partial charge in [-0.2, -0.15) is 0 Å². The molecule has 4 heteroatoms. The Labute approximate surface area is 142 Å². The molecule has 3 aromatic rings. The Morgan fingerprint density at radius 1 is 0.833 bits per heavy atom. The van der Waals surface area contributed by atoms with Crippen LogP contribution in [0.2, 0.25) is 0 Å². The van der Waals surface area contributed by atoms with Crippen LogP contribution >= 0.6 is 0 Å². The largest absolute Gasteiger partial charge is 0.496 e. The summed E-state index contributed by atoms with van der Waals surface area (Å²) in [5, 5.41) is 4.13. The maximum atomic E-state index is 6.20. The molecule has 0 aliphatic heterocycles. The minimum Gasteiger partial charge on any atom is -0.496 e. The monoisotopic (exact) mass is 325 g/mol. The van der Waals surface area contributed by atoms with Crippen LogP contribution in [-0.2, 0) is 0 Å². The quantitative estimate of drug-likeness (QED) is 0.524. The lowest BCUT2D eigenvalue weighted by molar-refractivity contribution is 0.312. The van der Waals surface area contributed by atoms with E-state index < -0.39 is 0 Å². The Balaban J connectivity index is 2.25. The number of rotatable bonds is 7. The van der Waals surface area contributed by atoms with Gasteiger partial charge >= 0.3 is 0 Å². The highest BCUT2D eigenvalue weighted by molar-refractivity contribution is 6.10. The van der Waals surface area contributed by atoms with Gasteiger partial charge in [0.05, 0.1) is 31.6 Å². The second kappa shape index (κ2) is 7.41. The van der Waals surface area contributed by atoms with Crippen molar-refractivity contribution in [2.24, 2.45) is 5.73 Å². The molecule has 126 valence electrons. The second-order valence-electron chi connectivity index (χ2n) is 5.67. The summed E-state index contributed by atoms with van der Waals surface area (Å²) in [4.78, 5) is 0. The van der Waals surface area contributed by atoms with Gasteiger partial charge in [0.15, 0.2) is 0 Å². The van der Waals surface area contributed by atoms with Crippen molar-refractivity contribution in [3.8, 4) is 17.2 Å². The third kappa shape index (κ3) is 2.97. The topological polar surface area (TPSA) is 53.7 Å². The number of ether oxygens (including phenoxy) is 3. The molecule has 0 amide bonds. The van der Waals surface area contributed by atoms with Gasteiger partial charge < -0.3 is 19.9 Å². The van der Waals surface area contributed by atoms with Crippen molar-refractivity contribution in [1.82, 2.24) is 0 Å². The molecule has 24 heavy (non-hydrogen) atoms. The molecule has 0 spiro atoms. The summed E-state index contributed by atoms with van der Waals surface area (Å²) < 4.78 is 17.4. The summed E-state index contributed by atoms with van der Waals surface area (Å²) in [6, 6.07) is 14.2. The molecule has 0 saturated carbocycles. The van der Waals surface area contributed by atoms with Crippen LogP contribution in [0, 0.1) is 0 Å². The fraction of sp³-hybridized carbons (Fsp3) is 0.300. The van der Waals surface area contributed by atoms with Crippen molar-refractivity contribution < 1.29 is 14.2 Å². The molecule has 4 nitrogen and oxygen atoms in total. The van der Waals surface area contributed by atoms with E-state index in [1.54, 1.807) is 14.2 Å². The van der Waals surface area contributed by atoms with E-state index in [0.29, 0.717) is 13.2 Å². The van der Waals surface area contributed by atoms with E-state index in [4.69, 9.17) is 19.9 Å². The summed E-state index contributed by atoms with van der Waals surface area (Å²) in [6.07, 6.45) is 1.86. The first-order valence-corrected chi connectivity index (χ1v) is 8.19. The number of hydrogen-bond donors (Lipinski definition) is 1. The third-order valence-electron chi connectivity index (χ3n) is 4.17. The molecule has 0 heterocycles. The molecule has 0 aliphatic carbocycles. The predicted octanol–water partition coefficient (Wildman–Crippen LogP) is 4.13. The van der Waals surface area contributed by atoms with Crippen molar-refractivity contribution in [1.29, 1.82) is 0 Å². The van der Waals surface area contributed by atoms with Gasteiger partial charge in [-0.05, 0) is 48.4 Å². The molecule has 0 aromatic heterocycles. The van der Waals surface area contributed by atoms with Crippen molar-refractivity contribution in [3.05, 3.63) is 42.5 Å². The van der Waals surface area contributed by atoms with Gasteiger partial charge in [-0.15, -0.1) is 0 Å². The molecule has 0 saturated heterocycles. The lowest BCUT2D eigenvalue weighted by Crippen LogP contribution is -2.04. The van der Waals surface area contributed by atoms with E-state index in [-0.39, 0.29) is 0 Å². The average molecular weight is 325 g/mol. The molecule has 0 fully saturated rings. The standard InChI is InChI=1S/C20H23NO3/c1-22-16-9-5-7-14-13-15-8-6-10-17(23-2)19(15)20(18(14)16)24-12-4-3-11-21/h5-10,13H,3-4,11-12,21H2,1-2H3. The van der Waals surface area contributed by atoms with Gasteiger partial charge in [0.1, 0.15) is 17.2 Å². The van der Waals surface area contributed by atoms with Crippen LogP contribution in [0.25, 0.3) is 21.5 Å². The van der Waals surface area contributed by atoms with Crippen LogP contribution in [0.15, 0.2) is 42.5 Å². The Hall–Kier alpha value is -2.46. The Morgan fingerprint density at radius 3 is 1.92 bits per heavy atom. The van der Waals surface area contributed by atoms with Gasteiger partial charge in [-0.25, -0.2) is 0 Å². The van der Waals surface area contributed by atoms with Crippen molar-refractivity contribution in [2.75, 3.05) is 27.4 Å². The van der Waals surface area contributed by atoms with Crippen LogP contribution < -0.4 is 19.9 Å². The van der Waals surface area contributed by atoms with Gasteiger partial charge in [0.2, 0.25) is 0 Å². The Bertz CT molecular complexity index is 783. The fourth-order valence-corrected chi connectivity index (χ4v) is 3.02. The smallest absolute Gasteiger partial charge is 0.142 e. The van der Waals surface area contributed by atoms with Gasteiger partial charge in [-0.1, -0.05) is 24.3 Å². The average Bonchev–Trinajstić information content (AvgIpc) is 2.63. The first kappa shape index (κ1) is 16.4. The molecular formula is C20H23NO3. The molecule has 0 unspecified atom stereocenters. The number of unbranched alkanes of at least 4 members (excludes halogenated alkanes) is 1. The molecule has 3 rings (SSSR count). The van der Waals surface area contributed by atoms with Gasteiger partial charge in [0.25, 0.3) is 0 Å². The highest BCUT2D eigenvalue weighted by Crippen LogP contribution is 2.43. The number of fused-ring (bicyclic) bond motifs is 2. The van der Waals surface area contributed by atoms with Crippen molar-refractivity contribution >= 4 is 21.5 Å². The SMILES string of the molecule is COc1cccc2cc3cccc(OC)c3c(OCCCCN)c12. The summed E-state index contributed by atoms with van der Waals surface area (Å²) in [7, 11) is 3.36. The molecule has 0 aliphatic rings.